The molecule has 1 N–H and O–H groups in total. The van der Waals surface area contributed by atoms with Crippen molar-refractivity contribution in [1.29, 1.82) is 0 Å². The third-order valence-electron chi connectivity index (χ3n) is 5.41. The van der Waals surface area contributed by atoms with E-state index in [-0.39, 0.29) is 17.5 Å². The Morgan fingerprint density at radius 2 is 1.77 bits per heavy atom. The second-order valence-corrected chi connectivity index (χ2v) is 9.70. The summed E-state index contributed by atoms with van der Waals surface area (Å²) >= 11 is 0. The Morgan fingerprint density at radius 3 is 2.52 bits per heavy atom. The summed E-state index contributed by atoms with van der Waals surface area (Å²) in [6.45, 7) is 6.07. The van der Waals surface area contributed by atoms with Crippen LogP contribution in [0, 0.1) is 20.8 Å². The molecule has 1 amide bonds. The van der Waals surface area contributed by atoms with Crippen LogP contribution in [0.25, 0.3) is 11.5 Å². The van der Waals surface area contributed by atoms with Gasteiger partial charge in [-0.05, 0) is 57.4 Å². The normalized spacial score (nSPS) is 17.1. The summed E-state index contributed by atoms with van der Waals surface area (Å²) in [5.74, 6) is -0.184. The van der Waals surface area contributed by atoms with Crippen LogP contribution in [0.3, 0.4) is 0 Å². The molecule has 0 saturated carbocycles. The Kier molecular flexibility index (Phi) is 5.63. The SMILES string of the molecule is Cc1ccc(S(=O)(=O)N2CCCC2C(=O)Nc2nnc(-c3cc(C)ccc3C)o2)cc1. The lowest BCUT2D eigenvalue weighted by Crippen LogP contribution is -2.43. The van der Waals surface area contributed by atoms with Crippen LogP contribution in [0.1, 0.15) is 29.5 Å². The molecule has 0 radical (unpaired) electrons. The molecule has 31 heavy (non-hydrogen) atoms. The van der Waals surface area contributed by atoms with Gasteiger partial charge in [-0.3, -0.25) is 10.1 Å². The van der Waals surface area contributed by atoms with Crippen molar-refractivity contribution in [3.8, 4) is 11.5 Å². The van der Waals surface area contributed by atoms with Gasteiger partial charge in [0.1, 0.15) is 6.04 Å². The summed E-state index contributed by atoms with van der Waals surface area (Å²) in [5, 5.41) is 10.5. The molecule has 4 rings (SSSR count). The first kappa shape index (κ1) is 21.2. The van der Waals surface area contributed by atoms with Gasteiger partial charge in [0.15, 0.2) is 0 Å². The third-order valence-corrected chi connectivity index (χ3v) is 7.33. The Morgan fingerprint density at radius 1 is 1.06 bits per heavy atom. The van der Waals surface area contributed by atoms with E-state index in [2.05, 4.69) is 15.5 Å². The van der Waals surface area contributed by atoms with Crippen LogP contribution in [-0.2, 0) is 14.8 Å². The number of carbonyl (C=O) groups excluding carboxylic acids is 1. The van der Waals surface area contributed by atoms with Crippen molar-refractivity contribution in [1.82, 2.24) is 14.5 Å². The number of sulfonamides is 1. The van der Waals surface area contributed by atoms with E-state index < -0.39 is 22.0 Å². The highest BCUT2D eigenvalue weighted by Gasteiger charge is 2.39. The van der Waals surface area contributed by atoms with E-state index in [4.69, 9.17) is 4.42 Å². The van der Waals surface area contributed by atoms with Crippen molar-refractivity contribution in [3.05, 3.63) is 59.2 Å². The Hall–Kier alpha value is -3.04. The van der Waals surface area contributed by atoms with E-state index in [1.165, 1.54) is 4.31 Å². The van der Waals surface area contributed by atoms with E-state index in [1.807, 2.05) is 39.0 Å². The van der Waals surface area contributed by atoms with Crippen LogP contribution in [0.2, 0.25) is 0 Å². The number of hydrogen-bond donors (Lipinski definition) is 1. The van der Waals surface area contributed by atoms with Gasteiger partial charge in [0.05, 0.1) is 4.90 Å². The van der Waals surface area contributed by atoms with E-state index in [0.29, 0.717) is 18.7 Å². The van der Waals surface area contributed by atoms with Crippen LogP contribution in [0.5, 0.6) is 0 Å². The number of rotatable bonds is 5. The lowest BCUT2D eigenvalue weighted by molar-refractivity contribution is -0.119. The zero-order chi connectivity index (χ0) is 22.2. The van der Waals surface area contributed by atoms with Gasteiger partial charge in [-0.15, -0.1) is 5.10 Å². The summed E-state index contributed by atoms with van der Waals surface area (Å²) in [4.78, 5) is 13.1. The molecule has 1 atom stereocenters. The largest absolute Gasteiger partial charge is 0.403 e. The van der Waals surface area contributed by atoms with Crippen LogP contribution >= 0.6 is 0 Å². The van der Waals surface area contributed by atoms with Gasteiger partial charge in [-0.1, -0.05) is 40.5 Å². The Labute approximate surface area is 181 Å². The summed E-state index contributed by atoms with van der Waals surface area (Å²) in [6.07, 6.45) is 1.02. The fourth-order valence-corrected chi connectivity index (χ4v) is 5.33. The molecule has 162 valence electrons. The molecule has 1 aromatic heterocycles. The fraction of sp³-hybridized carbons (Fsp3) is 0.318. The van der Waals surface area contributed by atoms with Crippen LogP contribution in [0.15, 0.2) is 51.8 Å². The van der Waals surface area contributed by atoms with Gasteiger partial charge in [-0.25, -0.2) is 8.42 Å². The van der Waals surface area contributed by atoms with Gasteiger partial charge in [0, 0.05) is 12.1 Å². The number of nitrogens with zero attached hydrogens (tertiary/aromatic N) is 3. The summed E-state index contributed by atoms with van der Waals surface area (Å²) in [6, 6.07) is 11.6. The average molecular weight is 441 g/mol. The highest BCUT2D eigenvalue weighted by molar-refractivity contribution is 7.89. The second-order valence-electron chi connectivity index (χ2n) is 7.81. The van der Waals surface area contributed by atoms with Gasteiger partial charge < -0.3 is 4.42 Å². The number of aryl methyl sites for hydroxylation is 3. The second kappa shape index (κ2) is 8.24. The van der Waals surface area contributed by atoms with E-state index in [9.17, 15) is 13.2 Å². The maximum atomic E-state index is 13.1. The molecule has 8 nitrogen and oxygen atoms in total. The number of benzene rings is 2. The first-order chi connectivity index (χ1) is 14.8. The molecular weight excluding hydrogens is 416 g/mol. The zero-order valence-corrected chi connectivity index (χ0v) is 18.4. The maximum absolute atomic E-state index is 13.1. The Balaban J connectivity index is 1.53. The summed E-state index contributed by atoms with van der Waals surface area (Å²) in [5.41, 5.74) is 3.77. The van der Waals surface area contributed by atoms with E-state index in [0.717, 1.165) is 22.3 Å². The molecule has 1 fully saturated rings. The molecule has 2 heterocycles. The smallest absolute Gasteiger partial charge is 0.322 e. The number of aromatic nitrogens is 2. The van der Waals surface area contributed by atoms with Gasteiger partial charge in [0.2, 0.25) is 21.8 Å². The highest BCUT2D eigenvalue weighted by atomic mass is 32.2. The predicted molar refractivity (Wildman–Crippen MR) is 116 cm³/mol. The first-order valence-electron chi connectivity index (χ1n) is 10.1. The van der Waals surface area contributed by atoms with Crippen molar-refractivity contribution in [2.45, 2.75) is 44.6 Å². The molecular formula is C22H24N4O4S. The topological polar surface area (TPSA) is 105 Å². The standard InChI is InChI=1S/C22H24N4O4S/c1-14-7-10-17(11-8-14)31(28,29)26-12-4-5-19(26)20(27)23-22-25-24-21(30-22)18-13-15(2)6-9-16(18)3/h6-11,13,19H,4-5,12H2,1-3H3,(H,23,25,27). The van der Waals surface area contributed by atoms with E-state index in [1.54, 1.807) is 24.3 Å². The maximum Gasteiger partial charge on any atom is 0.322 e. The van der Waals surface area contributed by atoms with E-state index >= 15 is 0 Å². The molecule has 3 aromatic rings. The van der Waals surface area contributed by atoms with Crippen molar-refractivity contribution in [3.63, 3.8) is 0 Å². The molecule has 2 aromatic carbocycles. The van der Waals surface area contributed by atoms with Crippen LogP contribution in [0.4, 0.5) is 6.01 Å². The minimum absolute atomic E-state index is 0.0551. The third kappa shape index (κ3) is 4.24. The van der Waals surface area contributed by atoms with Gasteiger partial charge >= 0.3 is 6.01 Å². The number of nitrogens with one attached hydrogen (secondary N) is 1. The number of hydrogen-bond acceptors (Lipinski definition) is 6. The summed E-state index contributed by atoms with van der Waals surface area (Å²) < 4.78 is 33.0. The fourth-order valence-electron chi connectivity index (χ4n) is 3.67. The van der Waals surface area contributed by atoms with Gasteiger partial charge in [-0.2, -0.15) is 4.31 Å². The minimum atomic E-state index is -3.78. The molecule has 1 aliphatic rings. The zero-order valence-electron chi connectivity index (χ0n) is 17.6. The number of amides is 1. The minimum Gasteiger partial charge on any atom is -0.403 e. The molecule has 0 aliphatic carbocycles. The van der Waals surface area contributed by atoms with Crippen molar-refractivity contribution in [2.75, 3.05) is 11.9 Å². The van der Waals surface area contributed by atoms with Crippen LogP contribution in [-0.4, -0.2) is 41.4 Å². The van der Waals surface area contributed by atoms with Gasteiger partial charge in [0.25, 0.3) is 0 Å². The molecule has 9 heteroatoms. The summed E-state index contributed by atoms with van der Waals surface area (Å²) in [7, 11) is -3.78. The van der Waals surface area contributed by atoms with Crippen molar-refractivity contribution < 1.29 is 17.6 Å². The van der Waals surface area contributed by atoms with Crippen molar-refractivity contribution in [2.24, 2.45) is 0 Å². The first-order valence-corrected chi connectivity index (χ1v) is 11.5. The molecule has 0 bridgehead atoms. The predicted octanol–water partition coefficient (Wildman–Crippen LogP) is 3.45. The van der Waals surface area contributed by atoms with Crippen LogP contribution < -0.4 is 5.32 Å². The molecule has 0 spiro atoms. The number of anilines is 1. The average Bonchev–Trinajstić information content (AvgIpc) is 3.40. The highest BCUT2D eigenvalue weighted by Crippen LogP contribution is 2.28. The van der Waals surface area contributed by atoms with Crippen molar-refractivity contribution >= 4 is 21.9 Å². The number of carbonyl (C=O) groups is 1. The molecule has 1 saturated heterocycles. The molecule has 1 unspecified atom stereocenters. The lowest BCUT2D eigenvalue weighted by atomic mass is 10.1. The Bertz CT molecular complexity index is 1220. The lowest BCUT2D eigenvalue weighted by Gasteiger charge is -2.22. The monoisotopic (exact) mass is 440 g/mol. The molecule has 1 aliphatic heterocycles. The quantitative estimate of drug-likeness (QED) is 0.651.